The topological polar surface area (TPSA) is 55.3 Å². The Kier molecular flexibility index (Phi) is 5.08. The van der Waals surface area contributed by atoms with Crippen LogP contribution in [0.4, 0.5) is 5.82 Å². The third kappa shape index (κ3) is 4.31. The number of rotatable bonds is 7. The number of anilines is 1. The minimum atomic E-state index is -0.238. The number of benzene rings is 1. The maximum absolute atomic E-state index is 12.0. The summed E-state index contributed by atoms with van der Waals surface area (Å²) in [5.74, 6) is 1.93. The normalized spacial score (nSPS) is 13.6. The summed E-state index contributed by atoms with van der Waals surface area (Å²) in [7, 11) is 0. The summed E-state index contributed by atoms with van der Waals surface area (Å²) in [6.45, 7) is 4.97. The van der Waals surface area contributed by atoms with E-state index in [0.717, 1.165) is 35.7 Å². The van der Waals surface area contributed by atoms with Crippen molar-refractivity contribution in [2.75, 3.05) is 18.1 Å². The van der Waals surface area contributed by atoms with Gasteiger partial charge < -0.3 is 9.64 Å². The summed E-state index contributed by atoms with van der Waals surface area (Å²) in [6.07, 6.45) is 2.30. The van der Waals surface area contributed by atoms with E-state index < -0.39 is 0 Å². The molecule has 1 aromatic carbocycles. The molecule has 1 aliphatic carbocycles. The van der Waals surface area contributed by atoms with Crippen LogP contribution in [0.25, 0.3) is 0 Å². The lowest BCUT2D eigenvalue weighted by atomic mass is 10.2. The Balaban J connectivity index is 1.86. The molecule has 1 saturated carbocycles. The van der Waals surface area contributed by atoms with Gasteiger partial charge in [0.15, 0.2) is 0 Å². The van der Waals surface area contributed by atoms with Gasteiger partial charge in [-0.2, -0.15) is 0 Å². The first-order valence-electron chi connectivity index (χ1n) is 8.45. The summed E-state index contributed by atoms with van der Waals surface area (Å²) < 4.78 is 5.13. The van der Waals surface area contributed by atoms with Crippen molar-refractivity contribution in [3.63, 3.8) is 0 Å². The van der Waals surface area contributed by atoms with Crippen LogP contribution in [0.3, 0.4) is 0 Å². The Morgan fingerprint density at radius 1 is 1.25 bits per heavy atom. The molecule has 0 radical (unpaired) electrons. The highest BCUT2D eigenvalue weighted by Gasteiger charge is 2.28. The van der Waals surface area contributed by atoms with E-state index in [1.807, 2.05) is 55.1 Å². The molecule has 5 nitrogen and oxygen atoms in total. The lowest BCUT2D eigenvalue weighted by Gasteiger charge is -2.23. The van der Waals surface area contributed by atoms with Crippen LogP contribution in [0.15, 0.2) is 36.4 Å². The number of carbonyl (C=O) groups excluding carboxylic acids is 1. The van der Waals surface area contributed by atoms with Crippen molar-refractivity contribution >= 4 is 11.8 Å². The number of ether oxygens (including phenoxy) is 1. The van der Waals surface area contributed by atoms with Gasteiger partial charge in [-0.25, -0.2) is 9.97 Å². The number of aromatic nitrogens is 2. The fraction of sp³-hybridized carbons (Fsp3) is 0.421. The summed E-state index contributed by atoms with van der Waals surface area (Å²) in [5, 5.41) is 0. The average molecular weight is 325 g/mol. The first-order chi connectivity index (χ1) is 11.7. The van der Waals surface area contributed by atoms with Crippen molar-refractivity contribution in [2.24, 2.45) is 0 Å². The van der Waals surface area contributed by atoms with Crippen LogP contribution in [0.5, 0.6) is 0 Å². The first-order valence-corrected chi connectivity index (χ1v) is 8.45. The smallest absolute Gasteiger partial charge is 0.325 e. The monoisotopic (exact) mass is 325 g/mol. The maximum Gasteiger partial charge on any atom is 0.325 e. The van der Waals surface area contributed by atoms with Gasteiger partial charge in [0, 0.05) is 24.2 Å². The highest BCUT2D eigenvalue weighted by atomic mass is 16.5. The van der Waals surface area contributed by atoms with Gasteiger partial charge in [0.25, 0.3) is 0 Å². The molecule has 1 aliphatic rings. The van der Waals surface area contributed by atoms with Crippen molar-refractivity contribution in [2.45, 2.75) is 39.2 Å². The highest BCUT2D eigenvalue weighted by molar-refractivity contribution is 5.75. The SMILES string of the molecule is CCOC(=O)CN(Cc1ccccc1)c1cc(C)nc(C2CC2)n1. The van der Waals surface area contributed by atoms with Gasteiger partial charge in [-0.05, 0) is 32.3 Å². The second-order valence-electron chi connectivity index (χ2n) is 6.15. The Morgan fingerprint density at radius 2 is 2.00 bits per heavy atom. The second kappa shape index (κ2) is 7.43. The predicted octanol–water partition coefficient (Wildman–Crippen LogP) is 3.23. The first kappa shape index (κ1) is 16.4. The molecule has 2 aromatic rings. The number of hydrogen-bond donors (Lipinski definition) is 0. The standard InChI is InChI=1S/C19H23N3O2/c1-3-24-18(23)13-22(12-15-7-5-4-6-8-15)17-11-14(2)20-19(21-17)16-9-10-16/h4-8,11,16H,3,9-10,12-13H2,1-2H3. The third-order valence-corrected chi connectivity index (χ3v) is 3.97. The maximum atomic E-state index is 12.0. The molecule has 0 unspecified atom stereocenters. The van der Waals surface area contributed by atoms with Gasteiger partial charge in [0.1, 0.15) is 18.2 Å². The van der Waals surface area contributed by atoms with Gasteiger partial charge in [0.2, 0.25) is 0 Å². The molecule has 0 amide bonds. The minimum absolute atomic E-state index is 0.184. The van der Waals surface area contributed by atoms with Crippen molar-refractivity contribution in [3.8, 4) is 0 Å². The predicted molar refractivity (Wildman–Crippen MR) is 92.9 cm³/mol. The zero-order valence-corrected chi connectivity index (χ0v) is 14.2. The van der Waals surface area contributed by atoms with Crippen molar-refractivity contribution in [1.82, 2.24) is 9.97 Å². The molecule has 5 heteroatoms. The molecular weight excluding hydrogens is 302 g/mol. The fourth-order valence-corrected chi connectivity index (χ4v) is 2.64. The molecule has 0 atom stereocenters. The van der Waals surface area contributed by atoms with Crippen LogP contribution in [0.1, 0.15) is 42.8 Å². The van der Waals surface area contributed by atoms with E-state index in [9.17, 15) is 4.79 Å². The summed E-state index contributed by atoms with van der Waals surface area (Å²) >= 11 is 0. The molecule has 0 saturated heterocycles. The highest BCUT2D eigenvalue weighted by Crippen LogP contribution is 2.38. The van der Waals surface area contributed by atoms with Crippen molar-refractivity contribution in [3.05, 3.63) is 53.5 Å². The van der Waals surface area contributed by atoms with Crippen LogP contribution >= 0.6 is 0 Å². The zero-order valence-electron chi connectivity index (χ0n) is 14.2. The molecule has 0 spiro atoms. The molecule has 0 bridgehead atoms. The van der Waals surface area contributed by atoms with Gasteiger partial charge in [0.05, 0.1) is 6.61 Å². The number of esters is 1. The van der Waals surface area contributed by atoms with Crippen LogP contribution < -0.4 is 4.90 Å². The van der Waals surface area contributed by atoms with E-state index >= 15 is 0 Å². The molecular formula is C19H23N3O2. The molecule has 1 heterocycles. The van der Waals surface area contributed by atoms with Crippen LogP contribution in [-0.4, -0.2) is 29.1 Å². The number of nitrogens with zero attached hydrogens (tertiary/aromatic N) is 3. The fourth-order valence-electron chi connectivity index (χ4n) is 2.64. The van der Waals surface area contributed by atoms with E-state index in [0.29, 0.717) is 19.1 Å². The minimum Gasteiger partial charge on any atom is -0.465 e. The largest absolute Gasteiger partial charge is 0.465 e. The molecule has 0 N–H and O–H groups in total. The molecule has 0 aliphatic heterocycles. The van der Waals surface area contributed by atoms with Crippen LogP contribution in [0, 0.1) is 6.92 Å². The third-order valence-electron chi connectivity index (χ3n) is 3.97. The Bertz CT molecular complexity index is 699. The summed E-state index contributed by atoms with van der Waals surface area (Å²) in [5.41, 5.74) is 2.06. The lowest BCUT2D eigenvalue weighted by molar-refractivity contribution is -0.141. The zero-order chi connectivity index (χ0) is 16.9. The summed E-state index contributed by atoms with van der Waals surface area (Å²) in [4.78, 5) is 23.3. The van der Waals surface area contributed by atoms with Gasteiger partial charge >= 0.3 is 5.97 Å². The number of carbonyl (C=O) groups is 1. The summed E-state index contributed by atoms with van der Waals surface area (Å²) in [6, 6.07) is 12.0. The molecule has 1 aromatic heterocycles. The van der Waals surface area contributed by atoms with E-state index in [1.165, 1.54) is 0 Å². The Morgan fingerprint density at radius 3 is 2.67 bits per heavy atom. The van der Waals surface area contributed by atoms with E-state index in [4.69, 9.17) is 9.72 Å². The van der Waals surface area contributed by atoms with Crippen molar-refractivity contribution in [1.29, 1.82) is 0 Å². The van der Waals surface area contributed by atoms with E-state index in [1.54, 1.807) is 0 Å². The number of aryl methyl sites for hydroxylation is 1. The molecule has 24 heavy (non-hydrogen) atoms. The Labute approximate surface area is 142 Å². The molecule has 1 fully saturated rings. The van der Waals surface area contributed by atoms with Crippen LogP contribution in [-0.2, 0) is 16.1 Å². The van der Waals surface area contributed by atoms with Gasteiger partial charge in [-0.3, -0.25) is 4.79 Å². The quantitative estimate of drug-likeness (QED) is 0.732. The van der Waals surface area contributed by atoms with Gasteiger partial charge in [-0.1, -0.05) is 30.3 Å². The second-order valence-corrected chi connectivity index (χ2v) is 6.15. The molecule has 3 rings (SSSR count). The lowest BCUT2D eigenvalue weighted by Crippen LogP contribution is -2.31. The average Bonchev–Trinajstić information content (AvgIpc) is 3.40. The number of hydrogen-bond acceptors (Lipinski definition) is 5. The van der Waals surface area contributed by atoms with Crippen molar-refractivity contribution < 1.29 is 9.53 Å². The van der Waals surface area contributed by atoms with E-state index in [2.05, 4.69) is 4.98 Å². The van der Waals surface area contributed by atoms with Crippen LogP contribution in [0.2, 0.25) is 0 Å². The van der Waals surface area contributed by atoms with E-state index in [-0.39, 0.29) is 12.5 Å². The Hall–Kier alpha value is -2.43. The molecule has 126 valence electrons. The van der Waals surface area contributed by atoms with Gasteiger partial charge in [-0.15, -0.1) is 0 Å².